The second kappa shape index (κ2) is 12.2. The minimum Gasteiger partial charge on any atom is -0.464 e. The Morgan fingerprint density at radius 2 is 1.62 bits per heavy atom. The number of benzene rings is 2. The van der Waals surface area contributed by atoms with E-state index in [4.69, 9.17) is 0 Å². The summed E-state index contributed by atoms with van der Waals surface area (Å²) in [6.45, 7) is 15.5. The fourth-order valence-corrected chi connectivity index (χ4v) is 3.58. The average molecular weight is 501 g/mol. The summed E-state index contributed by atoms with van der Waals surface area (Å²) in [4.78, 5) is 50.7. The molecule has 2 N–H and O–H groups in total. The lowest BCUT2D eigenvalue weighted by Crippen LogP contribution is -2.36. The molecule has 37 heavy (non-hydrogen) atoms. The van der Waals surface area contributed by atoms with E-state index < -0.39 is 11.9 Å². The molecular weight excluding hydrogens is 469 g/mol. The molecular formula is C28H32BN3O5. The Morgan fingerprint density at radius 3 is 2.19 bits per heavy atom. The van der Waals surface area contributed by atoms with Crippen LogP contribution in [-0.2, 0) is 20.9 Å². The molecule has 9 heteroatoms. The number of carbonyl (C=O) groups is 4. The Kier molecular flexibility index (Phi) is 9.60. The first-order valence-electron chi connectivity index (χ1n) is 11.6. The van der Waals surface area contributed by atoms with Crippen molar-refractivity contribution in [3.8, 4) is 11.1 Å². The van der Waals surface area contributed by atoms with Crippen molar-refractivity contribution in [2.24, 2.45) is 5.41 Å². The van der Waals surface area contributed by atoms with Gasteiger partial charge in [-0.1, -0.05) is 65.0 Å². The van der Waals surface area contributed by atoms with Crippen LogP contribution in [0.5, 0.6) is 0 Å². The van der Waals surface area contributed by atoms with Crippen molar-refractivity contribution in [2.45, 2.75) is 34.1 Å². The molecule has 192 valence electrons. The Labute approximate surface area is 219 Å². The molecule has 2 radical (unpaired) electrons. The van der Waals surface area contributed by atoms with Crippen LogP contribution >= 0.6 is 0 Å². The van der Waals surface area contributed by atoms with Crippen LogP contribution in [0.4, 0.5) is 0 Å². The lowest BCUT2D eigenvalue weighted by Gasteiger charge is -2.19. The smallest absolute Gasteiger partial charge is 0.353 e. The van der Waals surface area contributed by atoms with Gasteiger partial charge < -0.3 is 15.4 Å². The standard InChI is InChI=1S/C27H29N3O5.CH3B/c1-16(26(34)35-6)29-23(31)17(2)30-14-22-20(8-7-9-21(22)25(30)33)18-10-12-19(13-11-18)24(32)28-15-27(3,4)5;1-2/h7-13H,1-2,14-15H2,3-6H3,(H,28,32)(H,29,31);1H3. The number of fused-ring (bicyclic) bond motifs is 1. The third kappa shape index (κ3) is 6.97. The molecule has 8 nitrogen and oxygen atoms in total. The minimum atomic E-state index is -0.792. The van der Waals surface area contributed by atoms with Gasteiger partial charge in [-0.3, -0.25) is 19.3 Å². The topological polar surface area (TPSA) is 105 Å². The van der Waals surface area contributed by atoms with Crippen LogP contribution in [0.1, 0.15) is 47.1 Å². The van der Waals surface area contributed by atoms with Crippen LogP contribution in [0, 0.1) is 5.41 Å². The third-order valence-electron chi connectivity index (χ3n) is 5.49. The predicted molar refractivity (Wildman–Crippen MR) is 144 cm³/mol. The lowest BCUT2D eigenvalue weighted by molar-refractivity contribution is -0.137. The van der Waals surface area contributed by atoms with Crippen molar-refractivity contribution >= 4 is 31.5 Å². The maximum Gasteiger partial charge on any atom is 0.353 e. The van der Waals surface area contributed by atoms with E-state index in [1.807, 2.05) is 39.0 Å². The summed E-state index contributed by atoms with van der Waals surface area (Å²) in [5.41, 5.74) is 2.98. The van der Waals surface area contributed by atoms with Crippen LogP contribution in [0.25, 0.3) is 11.1 Å². The molecule has 3 rings (SSSR count). The molecule has 1 aliphatic heterocycles. The second-order valence-electron chi connectivity index (χ2n) is 9.41. The molecule has 2 aromatic carbocycles. The van der Waals surface area contributed by atoms with Gasteiger partial charge in [-0.25, -0.2) is 4.79 Å². The molecule has 1 heterocycles. The lowest BCUT2D eigenvalue weighted by atomic mass is 9.95. The highest BCUT2D eigenvalue weighted by molar-refractivity contribution is 6.08. The minimum absolute atomic E-state index is 0.0218. The molecule has 0 saturated carbocycles. The normalized spacial score (nSPS) is 12.0. The van der Waals surface area contributed by atoms with E-state index in [1.165, 1.54) is 18.8 Å². The van der Waals surface area contributed by atoms with Gasteiger partial charge in [0.05, 0.1) is 21.5 Å². The average Bonchev–Trinajstić information content (AvgIpc) is 3.23. The third-order valence-corrected chi connectivity index (χ3v) is 5.49. The molecule has 0 aliphatic carbocycles. The van der Waals surface area contributed by atoms with Gasteiger partial charge in [-0.05, 0) is 40.3 Å². The molecule has 2 aromatic rings. The number of nitrogens with one attached hydrogen (secondary N) is 2. The fourth-order valence-electron chi connectivity index (χ4n) is 3.58. The van der Waals surface area contributed by atoms with E-state index in [0.717, 1.165) is 16.7 Å². The quantitative estimate of drug-likeness (QED) is 0.343. The van der Waals surface area contributed by atoms with Gasteiger partial charge in [0.2, 0.25) is 0 Å². The molecule has 3 amide bonds. The highest BCUT2D eigenvalue weighted by Crippen LogP contribution is 2.34. The summed E-state index contributed by atoms with van der Waals surface area (Å²) in [5.74, 6) is -2.04. The number of nitrogens with zero attached hydrogens (tertiary/aromatic N) is 1. The molecule has 0 saturated heterocycles. The molecule has 0 spiro atoms. The van der Waals surface area contributed by atoms with Gasteiger partial charge in [-0.2, -0.15) is 0 Å². The van der Waals surface area contributed by atoms with Crippen LogP contribution in [0.2, 0.25) is 6.82 Å². The first-order valence-corrected chi connectivity index (χ1v) is 11.6. The summed E-state index contributed by atoms with van der Waals surface area (Å²) in [7, 11) is 5.67. The van der Waals surface area contributed by atoms with Crippen LogP contribution in [-0.4, -0.2) is 50.1 Å². The Hall–Kier alpha value is -4.14. The molecule has 0 bridgehead atoms. The zero-order valence-corrected chi connectivity index (χ0v) is 21.9. The SMILES string of the molecule is C=C(NC(=O)C(=C)N1Cc2c(cccc2-c2ccc(C(=O)NCC(C)(C)C)cc2)C1=O)C(=O)OC.[B]C. The summed E-state index contributed by atoms with van der Waals surface area (Å²) < 4.78 is 4.52. The number of methoxy groups -OCH3 is 1. The highest BCUT2D eigenvalue weighted by Gasteiger charge is 2.33. The van der Waals surface area contributed by atoms with Crippen molar-refractivity contribution in [1.82, 2.24) is 15.5 Å². The van der Waals surface area contributed by atoms with Gasteiger partial charge in [0.15, 0.2) is 0 Å². The summed E-state index contributed by atoms with van der Waals surface area (Å²) in [6.07, 6.45) is 0. The summed E-state index contributed by atoms with van der Waals surface area (Å²) >= 11 is 0. The van der Waals surface area contributed by atoms with Crippen molar-refractivity contribution in [3.63, 3.8) is 0 Å². The number of rotatable bonds is 7. The van der Waals surface area contributed by atoms with Crippen molar-refractivity contribution in [3.05, 3.63) is 83.7 Å². The van der Waals surface area contributed by atoms with Crippen LogP contribution in [0.15, 0.2) is 67.0 Å². The van der Waals surface area contributed by atoms with E-state index in [0.29, 0.717) is 17.7 Å². The maximum absolute atomic E-state index is 13.0. The molecule has 0 fully saturated rings. The maximum atomic E-state index is 13.0. The van der Waals surface area contributed by atoms with E-state index in [9.17, 15) is 19.2 Å². The van der Waals surface area contributed by atoms with Gasteiger partial charge in [0.25, 0.3) is 17.7 Å². The number of ether oxygens (including phenoxy) is 1. The first kappa shape index (κ1) is 29.1. The number of hydrogen-bond acceptors (Lipinski definition) is 5. The Balaban J connectivity index is 0.00000235. The molecule has 0 unspecified atom stereocenters. The first-order chi connectivity index (χ1) is 17.4. The zero-order chi connectivity index (χ0) is 27.9. The van der Waals surface area contributed by atoms with Crippen molar-refractivity contribution in [2.75, 3.05) is 13.7 Å². The van der Waals surface area contributed by atoms with E-state index in [1.54, 1.807) is 24.3 Å². The number of hydrogen-bond donors (Lipinski definition) is 2. The van der Waals surface area contributed by atoms with Gasteiger partial charge in [-0.15, -0.1) is 0 Å². The van der Waals surface area contributed by atoms with Crippen molar-refractivity contribution in [1.29, 1.82) is 0 Å². The van der Waals surface area contributed by atoms with Crippen LogP contribution in [0.3, 0.4) is 0 Å². The van der Waals surface area contributed by atoms with Gasteiger partial charge in [0, 0.05) is 17.7 Å². The molecule has 0 aromatic heterocycles. The number of carbonyl (C=O) groups excluding carboxylic acids is 4. The second-order valence-corrected chi connectivity index (χ2v) is 9.41. The van der Waals surface area contributed by atoms with E-state index in [-0.39, 0.29) is 35.2 Å². The predicted octanol–water partition coefficient (Wildman–Crippen LogP) is 3.60. The van der Waals surface area contributed by atoms with E-state index >= 15 is 0 Å². The summed E-state index contributed by atoms with van der Waals surface area (Å²) in [5, 5.41) is 5.22. The Morgan fingerprint density at radius 1 is 1.03 bits per heavy atom. The monoisotopic (exact) mass is 501 g/mol. The van der Waals surface area contributed by atoms with Crippen LogP contribution < -0.4 is 10.6 Å². The number of amides is 3. The highest BCUT2D eigenvalue weighted by atomic mass is 16.5. The Bertz CT molecular complexity index is 1230. The molecule has 0 atom stereocenters. The molecule has 1 aliphatic rings. The van der Waals surface area contributed by atoms with Crippen molar-refractivity contribution < 1.29 is 23.9 Å². The summed E-state index contributed by atoms with van der Waals surface area (Å²) in [6, 6.07) is 12.5. The fraction of sp³-hybridized carbons (Fsp3) is 0.286. The van der Waals surface area contributed by atoms with Gasteiger partial charge in [0.1, 0.15) is 11.4 Å². The van der Waals surface area contributed by atoms with E-state index in [2.05, 4.69) is 36.4 Å². The largest absolute Gasteiger partial charge is 0.464 e. The van der Waals surface area contributed by atoms with Gasteiger partial charge >= 0.3 is 5.97 Å². The number of esters is 1. The zero-order valence-electron chi connectivity index (χ0n) is 21.9.